The van der Waals surface area contributed by atoms with E-state index in [1.807, 2.05) is 18.2 Å². The molecule has 0 saturated carbocycles. The first-order chi connectivity index (χ1) is 11.1. The molecule has 0 amide bonds. The van der Waals surface area contributed by atoms with Gasteiger partial charge in [-0.25, -0.2) is 0 Å². The van der Waals surface area contributed by atoms with Gasteiger partial charge >= 0.3 is 0 Å². The highest BCUT2D eigenvalue weighted by atomic mass is 16.1. The zero-order valence-corrected chi connectivity index (χ0v) is 15.4. The fourth-order valence-electron chi connectivity index (χ4n) is 3.33. The van der Waals surface area contributed by atoms with Gasteiger partial charge in [0.1, 0.15) is 5.78 Å². The molecule has 1 aromatic rings. The average molecular weight is 319 g/mol. The topological polar surface area (TPSA) is 32.3 Å². The van der Waals surface area contributed by atoms with Crippen LogP contribution in [-0.2, 0) is 10.2 Å². The Bertz CT molecular complexity index is 432. The number of piperidine rings is 1. The van der Waals surface area contributed by atoms with Crippen LogP contribution in [0.3, 0.4) is 0 Å². The third kappa shape index (κ3) is 6.08. The summed E-state index contributed by atoms with van der Waals surface area (Å²) in [6, 6.07) is 10.2. The Balaban J connectivity index is 0.000000284. The Hall–Kier alpha value is -1.19. The van der Waals surface area contributed by atoms with E-state index in [1.54, 1.807) is 6.92 Å². The maximum atomic E-state index is 11.9. The monoisotopic (exact) mass is 318 g/mol. The minimum atomic E-state index is -0.230. The standard InChI is InChI=1S/C13H17NO.C7H17N/c1-11(15)13(7-9-14-10-8-13)12-5-3-2-4-6-12;1-4-6-8(3)7-5-2/h2-6,14H,7-10H2,1H3;4-7H2,1-3H3. The molecule has 1 aliphatic heterocycles. The molecular formula is C20H34N2O. The zero-order valence-electron chi connectivity index (χ0n) is 15.4. The highest BCUT2D eigenvalue weighted by Gasteiger charge is 2.37. The largest absolute Gasteiger partial charge is 0.317 e. The van der Waals surface area contributed by atoms with Crippen molar-refractivity contribution in [1.29, 1.82) is 0 Å². The van der Waals surface area contributed by atoms with Crippen molar-refractivity contribution >= 4 is 5.78 Å². The van der Waals surface area contributed by atoms with Crippen molar-refractivity contribution in [2.75, 3.05) is 33.2 Å². The number of Topliss-reactive ketones (excluding diaryl/α,β-unsaturated/α-hetero) is 1. The fourth-order valence-corrected chi connectivity index (χ4v) is 3.33. The van der Waals surface area contributed by atoms with E-state index in [1.165, 1.54) is 31.5 Å². The van der Waals surface area contributed by atoms with E-state index in [2.05, 4.69) is 43.2 Å². The quantitative estimate of drug-likeness (QED) is 0.869. The molecule has 1 N–H and O–H groups in total. The van der Waals surface area contributed by atoms with Crippen molar-refractivity contribution < 1.29 is 4.79 Å². The average Bonchev–Trinajstić information content (AvgIpc) is 2.57. The maximum Gasteiger partial charge on any atom is 0.140 e. The summed E-state index contributed by atoms with van der Waals surface area (Å²) in [7, 11) is 2.17. The van der Waals surface area contributed by atoms with Gasteiger partial charge in [-0.2, -0.15) is 0 Å². The molecule has 3 heteroatoms. The summed E-state index contributed by atoms with van der Waals surface area (Å²) >= 11 is 0. The summed E-state index contributed by atoms with van der Waals surface area (Å²) in [5.74, 6) is 0.301. The van der Waals surface area contributed by atoms with Gasteiger partial charge in [0.05, 0.1) is 5.41 Å². The van der Waals surface area contributed by atoms with Crippen LogP contribution >= 0.6 is 0 Å². The molecule has 1 aliphatic rings. The Labute approximate surface area is 142 Å². The van der Waals surface area contributed by atoms with Gasteiger partial charge in [0.25, 0.3) is 0 Å². The zero-order chi connectivity index (χ0) is 17.1. The van der Waals surface area contributed by atoms with Crippen molar-refractivity contribution in [2.24, 2.45) is 0 Å². The summed E-state index contributed by atoms with van der Waals surface area (Å²) in [4.78, 5) is 14.3. The van der Waals surface area contributed by atoms with Gasteiger partial charge in [0.15, 0.2) is 0 Å². The van der Waals surface area contributed by atoms with E-state index in [-0.39, 0.29) is 5.41 Å². The second-order valence-electron chi connectivity index (χ2n) is 6.56. The normalized spacial score (nSPS) is 16.6. The van der Waals surface area contributed by atoms with Crippen molar-refractivity contribution in [2.45, 2.75) is 51.9 Å². The summed E-state index contributed by atoms with van der Waals surface area (Å²) in [6.07, 6.45) is 4.39. The number of ketones is 1. The second-order valence-corrected chi connectivity index (χ2v) is 6.56. The van der Waals surface area contributed by atoms with Crippen LogP contribution in [-0.4, -0.2) is 43.9 Å². The summed E-state index contributed by atoms with van der Waals surface area (Å²) < 4.78 is 0. The Morgan fingerprint density at radius 3 is 2.04 bits per heavy atom. The molecule has 0 aliphatic carbocycles. The maximum absolute atomic E-state index is 11.9. The third-order valence-corrected chi connectivity index (χ3v) is 4.67. The number of hydrogen-bond acceptors (Lipinski definition) is 3. The van der Waals surface area contributed by atoms with Crippen LogP contribution in [0.5, 0.6) is 0 Å². The van der Waals surface area contributed by atoms with Crippen molar-refractivity contribution in [1.82, 2.24) is 10.2 Å². The minimum Gasteiger partial charge on any atom is -0.317 e. The molecule has 0 radical (unpaired) electrons. The van der Waals surface area contributed by atoms with Crippen LogP contribution in [0.1, 0.15) is 52.0 Å². The molecule has 3 nitrogen and oxygen atoms in total. The van der Waals surface area contributed by atoms with E-state index in [9.17, 15) is 4.79 Å². The summed E-state index contributed by atoms with van der Waals surface area (Å²) in [6.45, 7) is 10.5. The molecule has 0 bridgehead atoms. The van der Waals surface area contributed by atoms with Crippen LogP contribution < -0.4 is 5.32 Å². The number of benzene rings is 1. The van der Waals surface area contributed by atoms with E-state index in [4.69, 9.17) is 0 Å². The first kappa shape index (κ1) is 19.9. The van der Waals surface area contributed by atoms with Crippen LogP contribution in [0.25, 0.3) is 0 Å². The van der Waals surface area contributed by atoms with Crippen molar-refractivity contribution in [3.05, 3.63) is 35.9 Å². The van der Waals surface area contributed by atoms with Gasteiger partial charge in [-0.05, 0) is 71.4 Å². The Kier molecular flexibility index (Phi) is 9.12. The number of carbonyl (C=O) groups excluding carboxylic acids is 1. The first-order valence-corrected chi connectivity index (χ1v) is 9.02. The highest BCUT2D eigenvalue weighted by molar-refractivity contribution is 5.88. The van der Waals surface area contributed by atoms with Crippen LogP contribution in [0.2, 0.25) is 0 Å². The molecule has 130 valence electrons. The highest BCUT2D eigenvalue weighted by Crippen LogP contribution is 2.34. The SMILES string of the molecule is CC(=O)C1(c2ccccc2)CCNCC1.CCCN(C)CCC. The van der Waals surface area contributed by atoms with Crippen LogP contribution in [0.4, 0.5) is 0 Å². The number of nitrogens with zero attached hydrogens (tertiary/aromatic N) is 1. The lowest BCUT2D eigenvalue weighted by Gasteiger charge is -2.35. The van der Waals surface area contributed by atoms with E-state index in [0.717, 1.165) is 25.9 Å². The van der Waals surface area contributed by atoms with Gasteiger partial charge in [-0.1, -0.05) is 44.2 Å². The molecule has 1 aromatic carbocycles. The van der Waals surface area contributed by atoms with Gasteiger partial charge in [0, 0.05) is 0 Å². The molecule has 23 heavy (non-hydrogen) atoms. The smallest absolute Gasteiger partial charge is 0.140 e. The van der Waals surface area contributed by atoms with E-state index < -0.39 is 0 Å². The molecule has 1 heterocycles. The molecule has 2 rings (SSSR count). The molecule has 0 unspecified atom stereocenters. The lowest BCUT2D eigenvalue weighted by atomic mass is 9.70. The van der Waals surface area contributed by atoms with Gasteiger partial charge in [0.2, 0.25) is 0 Å². The Morgan fingerprint density at radius 2 is 1.61 bits per heavy atom. The van der Waals surface area contributed by atoms with Crippen LogP contribution in [0, 0.1) is 0 Å². The molecule has 0 aromatic heterocycles. The molecule has 0 spiro atoms. The predicted octanol–water partition coefficient (Wildman–Crippen LogP) is 3.64. The predicted molar refractivity (Wildman–Crippen MR) is 99.0 cm³/mol. The number of nitrogens with one attached hydrogen (secondary N) is 1. The summed E-state index contributed by atoms with van der Waals surface area (Å²) in [5, 5.41) is 3.31. The van der Waals surface area contributed by atoms with E-state index >= 15 is 0 Å². The van der Waals surface area contributed by atoms with E-state index in [0.29, 0.717) is 5.78 Å². The summed E-state index contributed by atoms with van der Waals surface area (Å²) in [5.41, 5.74) is 0.950. The number of carbonyl (C=O) groups is 1. The van der Waals surface area contributed by atoms with Gasteiger partial charge in [-0.3, -0.25) is 4.79 Å². The van der Waals surface area contributed by atoms with Crippen LogP contribution in [0.15, 0.2) is 30.3 Å². The van der Waals surface area contributed by atoms with Gasteiger partial charge in [-0.15, -0.1) is 0 Å². The molecule has 0 atom stereocenters. The van der Waals surface area contributed by atoms with Crippen molar-refractivity contribution in [3.63, 3.8) is 0 Å². The molecular weight excluding hydrogens is 284 g/mol. The lowest BCUT2D eigenvalue weighted by Crippen LogP contribution is -2.44. The fraction of sp³-hybridized carbons (Fsp3) is 0.650. The Morgan fingerprint density at radius 1 is 1.09 bits per heavy atom. The minimum absolute atomic E-state index is 0.230. The second kappa shape index (κ2) is 10.6. The lowest BCUT2D eigenvalue weighted by molar-refractivity contribution is -0.123. The third-order valence-electron chi connectivity index (χ3n) is 4.67. The van der Waals surface area contributed by atoms with Crippen molar-refractivity contribution in [3.8, 4) is 0 Å². The van der Waals surface area contributed by atoms with Gasteiger partial charge < -0.3 is 10.2 Å². The molecule has 1 saturated heterocycles. The number of rotatable bonds is 6. The number of hydrogen-bond donors (Lipinski definition) is 1. The first-order valence-electron chi connectivity index (χ1n) is 9.02. The molecule has 1 fully saturated rings.